The Kier molecular flexibility index (Phi) is 2.41. The molecule has 1 rings (SSSR count). The molecule has 0 radical (unpaired) electrons. The number of carbonyl (C=O) groups excluding carboxylic acids is 1. The molecule has 0 N–H and O–H groups in total. The summed E-state index contributed by atoms with van der Waals surface area (Å²) in [7, 11) is 0. The van der Waals surface area contributed by atoms with Crippen LogP contribution in [0.1, 0.15) is 36.4 Å². The van der Waals surface area contributed by atoms with Crippen molar-refractivity contribution >= 4 is 5.78 Å². The van der Waals surface area contributed by atoms with Gasteiger partial charge in [0.05, 0.1) is 6.20 Å². The van der Waals surface area contributed by atoms with Gasteiger partial charge in [0.1, 0.15) is 0 Å². The lowest BCUT2D eigenvalue weighted by atomic mass is 10.1. The normalized spacial score (nSPS) is 10.0. The molecule has 0 fully saturated rings. The van der Waals surface area contributed by atoms with Gasteiger partial charge in [0, 0.05) is 12.5 Å². The highest BCUT2D eigenvalue weighted by molar-refractivity contribution is 5.92. The summed E-state index contributed by atoms with van der Waals surface area (Å²) in [5, 5.41) is 3.57. The summed E-state index contributed by atoms with van der Waals surface area (Å²) in [5.41, 5.74) is 0.917. The van der Waals surface area contributed by atoms with Crippen LogP contribution < -0.4 is 0 Å². The van der Waals surface area contributed by atoms with Gasteiger partial charge >= 0.3 is 0 Å². The fraction of sp³-hybridized carbons (Fsp3) is 0.500. The smallest absolute Gasteiger partial charge is 0.205 e. The van der Waals surface area contributed by atoms with E-state index in [1.807, 2.05) is 0 Å². The van der Waals surface area contributed by atoms with Crippen LogP contribution in [-0.4, -0.2) is 10.9 Å². The molecule has 1 aromatic rings. The first-order valence-electron chi connectivity index (χ1n) is 3.70. The van der Waals surface area contributed by atoms with E-state index in [9.17, 15) is 4.79 Å². The molecule has 1 heterocycles. The first-order valence-corrected chi connectivity index (χ1v) is 3.70. The second kappa shape index (κ2) is 3.32. The largest absolute Gasteiger partial charge is 0.353 e. The summed E-state index contributed by atoms with van der Waals surface area (Å²) < 4.78 is 4.78. The lowest BCUT2D eigenvalue weighted by Crippen LogP contribution is -1.94. The second-order valence-corrected chi connectivity index (χ2v) is 2.49. The van der Waals surface area contributed by atoms with Crippen LogP contribution in [0.3, 0.4) is 0 Å². The zero-order valence-corrected chi connectivity index (χ0v) is 6.76. The molecule has 0 bridgehead atoms. The molecule has 1 aromatic heterocycles. The lowest BCUT2D eigenvalue weighted by Gasteiger charge is -1.92. The van der Waals surface area contributed by atoms with Crippen LogP contribution in [0.4, 0.5) is 0 Å². The average molecular weight is 153 g/mol. The number of hydrogen-bond donors (Lipinski definition) is 0. The summed E-state index contributed by atoms with van der Waals surface area (Å²) in [4.78, 5) is 10.9. The fourth-order valence-corrected chi connectivity index (χ4v) is 0.998. The van der Waals surface area contributed by atoms with Crippen LogP contribution in [-0.2, 0) is 6.42 Å². The Morgan fingerprint density at radius 1 is 1.73 bits per heavy atom. The van der Waals surface area contributed by atoms with Gasteiger partial charge in [-0.15, -0.1) is 0 Å². The van der Waals surface area contributed by atoms with Crippen molar-refractivity contribution in [2.75, 3.05) is 0 Å². The van der Waals surface area contributed by atoms with Crippen molar-refractivity contribution in [3.63, 3.8) is 0 Å². The van der Waals surface area contributed by atoms with E-state index in [2.05, 4.69) is 12.1 Å². The van der Waals surface area contributed by atoms with Crippen LogP contribution >= 0.6 is 0 Å². The van der Waals surface area contributed by atoms with Gasteiger partial charge in [0.25, 0.3) is 0 Å². The van der Waals surface area contributed by atoms with Crippen LogP contribution in [0.25, 0.3) is 0 Å². The number of nitrogens with zero attached hydrogens (tertiary/aromatic N) is 1. The van der Waals surface area contributed by atoms with Crippen LogP contribution in [0.15, 0.2) is 10.7 Å². The van der Waals surface area contributed by atoms with E-state index >= 15 is 0 Å². The van der Waals surface area contributed by atoms with Crippen molar-refractivity contribution in [3.05, 3.63) is 17.5 Å². The Morgan fingerprint density at radius 3 is 3.00 bits per heavy atom. The maximum absolute atomic E-state index is 10.9. The van der Waals surface area contributed by atoms with Gasteiger partial charge < -0.3 is 4.52 Å². The molecule has 3 heteroatoms. The zero-order valence-electron chi connectivity index (χ0n) is 6.76. The number of aryl methyl sites for hydroxylation is 1. The van der Waals surface area contributed by atoms with Gasteiger partial charge in [-0.2, -0.15) is 0 Å². The molecule has 0 amide bonds. The molecule has 0 saturated carbocycles. The number of Topliss-reactive ketones (excluding diaryl/α,β-unsaturated/α-hetero) is 1. The van der Waals surface area contributed by atoms with E-state index in [4.69, 9.17) is 4.52 Å². The van der Waals surface area contributed by atoms with E-state index in [1.165, 1.54) is 6.92 Å². The highest BCUT2D eigenvalue weighted by Crippen LogP contribution is 2.10. The van der Waals surface area contributed by atoms with Crippen LogP contribution in [0.5, 0.6) is 0 Å². The first kappa shape index (κ1) is 7.98. The third-order valence-corrected chi connectivity index (χ3v) is 1.48. The Morgan fingerprint density at radius 2 is 2.45 bits per heavy atom. The minimum atomic E-state index is -0.0500. The molecular weight excluding hydrogens is 142 g/mol. The lowest BCUT2D eigenvalue weighted by molar-refractivity contribution is 0.0977. The summed E-state index contributed by atoms with van der Waals surface area (Å²) in [5.74, 6) is 0.359. The van der Waals surface area contributed by atoms with Gasteiger partial charge in [-0.05, 0) is 6.42 Å². The Labute approximate surface area is 65.4 Å². The van der Waals surface area contributed by atoms with Crippen molar-refractivity contribution in [1.29, 1.82) is 0 Å². The minimum absolute atomic E-state index is 0.0500. The highest BCUT2D eigenvalue weighted by Gasteiger charge is 2.10. The van der Waals surface area contributed by atoms with E-state index < -0.39 is 0 Å². The van der Waals surface area contributed by atoms with Crippen LogP contribution in [0, 0.1) is 0 Å². The third kappa shape index (κ3) is 1.67. The topological polar surface area (TPSA) is 43.1 Å². The summed E-state index contributed by atoms with van der Waals surface area (Å²) >= 11 is 0. The quantitative estimate of drug-likeness (QED) is 0.622. The molecular formula is C8H11NO2. The average Bonchev–Trinajstić information content (AvgIpc) is 2.36. The molecule has 0 aliphatic heterocycles. The van der Waals surface area contributed by atoms with Gasteiger partial charge in [0.15, 0.2) is 5.78 Å². The molecule has 3 nitrogen and oxygen atoms in total. The van der Waals surface area contributed by atoms with Crippen LogP contribution in [0.2, 0.25) is 0 Å². The molecule has 0 atom stereocenters. The number of rotatable bonds is 3. The Hall–Kier alpha value is -1.12. The standard InChI is InChI=1S/C8H11NO2/c1-3-4-7-5-9-11-8(7)6(2)10/h5H,3-4H2,1-2H3. The van der Waals surface area contributed by atoms with Crippen molar-refractivity contribution in [2.45, 2.75) is 26.7 Å². The van der Waals surface area contributed by atoms with Crippen molar-refractivity contribution in [1.82, 2.24) is 5.16 Å². The summed E-state index contributed by atoms with van der Waals surface area (Å²) in [6, 6.07) is 0. The minimum Gasteiger partial charge on any atom is -0.353 e. The Bertz CT molecular complexity index is 252. The van der Waals surface area contributed by atoms with Crippen molar-refractivity contribution in [3.8, 4) is 0 Å². The maximum Gasteiger partial charge on any atom is 0.205 e. The van der Waals surface area contributed by atoms with Gasteiger partial charge in [0.2, 0.25) is 5.76 Å². The highest BCUT2D eigenvalue weighted by atomic mass is 16.5. The molecule has 0 saturated heterocycles. The number of hydrogen-bond acceptors (Lipinski definition) is 3. The molecule has 0 aromatic carbocycles. The first-order chi connectivity index (χ1) is 5.25. The van der Waals surface area contributed by atoms with Crippen molar-refractivity contribution < 1.29 is 9.32 Å². The van der Waals surface area contributed by atoms with E-state index in [0.717, 1.165) is 18.4 Å². The summed E-state index contributed by atoms with van der Waals surface area (Å²) in [6.07, 6.45) is 3.47. The van der Waals surface area contributed by atoms with E-state index in [1.54, 1.807) is 6.20 Å². The number of carbonyl (C=O) groups is 1. The van der Waals surface area contributed by atoms with Gasteiger partial charge in [-0.1, -0.05) is 18.5 Å². The Balaban J connectivity index is 2.87. The zero-order chi connectivity index (χ0) is 8.27. The number of aromatic nitrogens is 1. The monoisotopic (exact) mass is 153 g/mol. The molecule has 60 valence electrons. The van der Waals surface area contributed by atoms with E-state index in [0.29, 0.717) is 5.76 Å². The number of ketones is 1. The molecule has 0 unspecified atom stereocenters. The predicted octanol–water partition coefficient (Wildman–Crippen LogP) is 1.83. The maximum atomic E-state index is 10.9. The van der Waals surface area contributed by atoms with E-state index in [-0.39, 0.29) is 5.78 Å². The second-order valence-electron chi connectivity index (χ2n) is 2.49. The molecule has 0 aliphatic carbocycles. The molecule has 0 aliphatic rings. The van der Waals surface area contributed by atoms with Gasteiger partial charge in [-0.25, -0.2) is 0 Å². The predicted molar refractivity (Wildman–Crippen MR) is 40.5 cm³/mol. The molecule has 0 spiro atoms. The fourth-order valence-electron chi connectivity index (χ4n) is 0.998. The van der Waals surface area contributed by atoms with Crippen molar-refractivity contribution in [2.24, 2.45) is 0 Å². The molecule has 11 heavy (non-hydrogen) atoms. The SMILES string of the molecule is CCCc1cnoc1C(C)=O. The summed E-state index contributed by atoms with van der Waals surface area (Å²) in [6.45, 7) is 3.54. The third-order valence-electron chi connectivity index (χ3n) is 1.48. The van der Waals surface area contributed by atoms with Gasteiger partial charge in [-0.3, -0.25) is 4.79 Å².